The molecule has 2 unspecified atom stereocenters. The van der Waals surface area contributed by atoms with Gasteiger partial charge in [0.15, 0.2) is 0 Å². The van der Waals surface area contributed by atoms with Crippen molar-refractivity contribution in [3.8, 4) is 0 Å². The lowest BCUT2D eigenvalue weighted by molar-refractivity contribution is -0.130. The number of amides is 1. The van der Waals surface area contributed by atoms with Crippen LogP contribution in [0.4, 0.5) is 0 Å². The molecule has 0 saturated heterocycles. The highest BCUT2D eigenvalue weighted by molar-refractivity contribution is 5.80. The van der Waals surface area contributed by atoms with Crippen LogP contribution >= 0.6 is 0 Å². The van der Waals surface area contributed by atoms with Gasteiger partial charge in [0, 0.05) is 14.1 Å². The predicted octanol–water partition coefficient (Wildman–Crippen LogP) is 0.786. The molecule has 0 radical (unpaired) electrons. The molecule has 0 fully saturated rings. The second-order valence-corrected chi connectivity index (χ2v) is 4.27. The maximum atomic E-state index is 11.7. The third kappa shape index (κ3) is 3.84. The molecule has 0 aliphatic carbocycles. The van der Waals surface area contributed by atoms with Gasteiger partial charge in [-0.1, -0.05) is 30.3 Å². The fraction of sp³-hybridized carbons (Fsp3) is 0.462. The van der Waals surface area contributed by atoms with Crippen molar-refractivity contribution in [1.29, 1.82) is 0 Å². The van der Waals surface area contributed by atoms with E-state index in [9.17, 15) is 9.90 Å². The molecule has 0 saturated carbocycles. The van der Waals surface area contributed by atoms with Crippen LogP contribution in [0, 0.1) is 0 Å². The summed E-state index contributed by atoms with van der Waals surface area (Å²) in [5.41, 5.74) is 0.980. The fourth-order valence-corrected chi connectivity index (χ4v) is 1.70. The molecule has 1 rings (SSSR count). The number of carbonyl (C=O) groups excluding carboxylic acids is 1. The van der Waals surface area contributed by atoms with Gasteiger partial charge in [-0.25, -0.2) is 0 Å². The molecule has 1 amide bonds. The minimum Gasteiger partial charge on any atom is -0.394 e. The molecule has 4 heteroatoms. The monoisotopic (exact) mass is 236 g/mol. The van der Waals surface area contributed by atoms with Crippen LogP contribution in [0.5, 0.6) is 0 Å². The van der Waals surface area contributed by atoms with E-state index in [4.69, 9.17) is 0 Å². The van der Waals surface area contributed by atoms with Crippen molar-refractivity contribution < 1.29 is 9.90 Å². The van der Waals surface area contributed by atoms with Crippen molar-refractivity contribution in [3.05, 3.63) is 35.9 Å². The van der Waals surface area contributed by atoms with Crippen molar-refractivity contribution in [2.75, 3.05) is 20.7 Å². The highest BCUT2D eigenvalue weighted by atomic mass is 16.3. The quantitative estimate of drug-likeness (QED) is 0.794. The van der Waals surface area contributed by atoms with Gasteiger partial charge < -0.3 is 10.0 Å². The summed E-state index contributed by atoms with van der Waals surface area (Å²) in [5.74, 6) is -0.000573. The molecule has 17 heavy (non-hydrogen) atoms. The van der Waals surface area contributed by atoms with Gasteiger partial charge in [-0.3, -0.25) is 10.1 Å². The Morgan fingerprint density at radius 2 is 1.94 bits per heavy atom. The molecule has 1 aromatic rings. The number of nitrogens with zero attached hydrogens (tertiary/aromatic N) is 1. The van der Waals surface area contributed by atoms with Crippen molar-refractivity contribution in [1.82, 2.24) is 10.2 Å². The summed E-state index contributed by atoms with van der Waals surface area (Å²) in [4.78, 5) is 13.2. The van der Waals surface area contributed by atoms with E-state index in [0.29, 0.717) is 0 Å². The Labute approximate surface area is 102 Å². The molecule has 94 valence electrons. The standard InChI is InChI=1S/C13H20N2O2/c1-10(13(17)15(2)3)14-12(9-16)11-7-5-4-6-8-11/h4-8,10,12,14,16H,9H2,1-3H3. The molecule has 0 spiro atoms. The van der Waals surface area contributed by atoms with Crippen LogP contribution in [0.2, 0.25) is 0 Å². The highest BCUT2D eigenvalue weighted by Crippen LogP contribution is 2.12. The molecule has 0 aromatic heterocycles. The molecule has 1 aromatic carbocycles. The van der Waals surface area contributed by atoms with Gasteiger partial charge >= 0.3 is 0 Å². The van der Waals surface area contributed by atoms with Crippen molar-refractivity contribution >= 4 is 5.91 Å². The van der Waals surface area contributed by atoms with Crippen LogP contribution in [0.3, 0.4) is 0 Å². The maximum absolute atomic E-state index is 11.7. The largest absolute Gasteiger partial charge is 0.394 e. The van der Waals surface area contributed by atoms with Crippen molar-refractivity contribution in [2.45, 2.75) is 19.0 Å². The van der Waals surface area contributed by atoms with Gasteiger partial charge in [0.05, 0.1) is 18.7 Å². The summed E-state index contributed by atoms with van der Waals surface area (Å²) in [6, 6.07) is 9.08. The lowest BCUT2D eigenvalue weighted by atomic mass is 10.1. The maximum Gasteiger partial charge on any atom is 0.238 e. The number of nitrogens with one attached hydrogen (secondary N) is 1. The first kappa shape index (κ1) is 13.7. The zero-order valence-electron chi connectivity index (χ0n) is 10.6. The second-order valence-electron chi connectivity index (χ2n) is 4.27. The second kappa shape index (κ2) is 6.37. The summed E-state index contributed by atoms with van der Waals surface area (Å²) in [6.07, 6.45) is 0. The van der Waals surface area contributed by atoms with Gasteiger partial charge in [0.1, 0.15) is 0 Å². The number of hydrogen-bond donors (Lipinski definition) is 2. The number of aliphatic hydroxyl groups excluding tert-OH is 1. The average molecular weight is 236 g/mol. The SMILES string of the molecule is CC(NC(CO)c1ccccc1)C(=O)N(C)C. The molecule has 0 bridgehead atoms. The lowest BCUT2D eigenvalue weighted by Gasteiger charge is -2.23. The Morgan fingerprint density at radius 3 is 2.41 bits per heavy atom. The molecule has 0 aliphatic rings. The minimum atomic E-state index is -0.317. The zero-order valence-corrected chi connectivity index (χ0v) is 10.6. The van der Waals surface area contributed by atoms with E-state index in [0.717, 1.165) is 5.56 Å². The first-order chi connectivity index (χ1) is 8.06. The Bertz CT molecular complexity index is 352. The van der Waals surface area contributed by atoms with E-state index >= 15 is 0 Å². The molecular weight excluding hydrogens is 216 g/mol. The molecule has 0 aliphatic heterocycles. The summed E-state index contributed by atoms with van der Waals surface area (Å²) in [5, 5.41) is 12.5. The van der Waals surface area contributed by atoms with E-state index in [1.165, 1.54) is 4.90 Å². The van der Waals surface area contributed by atoms with Crippen LogP contribution in [0.1, 0.15) is 18.5 Å². The number of aliphatic hydroxyl groups is 1. The number of carbonyl (C=O) groups is 1. The smallest absolute Gasteiger partial charge is 0.238 e. The topological polar surface area (TPSA) is 52.6 Å². The van der Waals surface area contributed by atoms with Crippen LogP contribution < -0.4 is 5.32 Å². The number of hydrogen-bond acceptors (Lipinski definition) is 3. The average Bonchev–Trinajstić information content (AvgIpc) is 2.35. The number of benzene rings is 1. The molecular formula is C13H20N2O2. The third-order valence-corrected chi connectivity index (χ3v) is 2.65. The molecule has 2 N–H and O–H groups in total. The van der Waals surface area contributed by atoms with Crippen molar-refractivity contribution in [3.63, 3.8) is 0 Å². The van der Waals surface area contributed by atoms with Gasteiger partial charge in [-0.2, -0.15) is 0 Å². The summed E-state index contributed by atoms with van der Waals surface area (Å²) >= 11 is 0. The fourth-order valence-electron chi connectivity index (χ4n) is 1.70. The molecule has 2 atom stereocenters. The molecule has 4 nitrogen and oxygen atoms in total. The highest BCUT2D eigenvalue weighted by Gasteiger charge is 2.19. The van der Waals surface area contributed by atoms with Crippen LogP contribution in [0.25, 0.3) is 0 Å². The van der Waals surface area contributed by atoms with E-state index in [1.54, 1.807) is 21.0 Å². The third-order valence-electron chi connectivity index (χ3n) is 2.65. The first-order valence-corrected chi connectivity index (χ1v) is 5.69. The normalized spacial score (nSPS) is 14.1. The van der Waals surface area contributed by atoms with Crippen molar-refractivity contribution in [2.24, 2.45) is 0 Å². The van der Waals surface area contributed by atoms with Crippen LogP contribution in [-0.4, -0.2) is 42.7 Å². The first-order valence-electron chi connectivity index (χ1n) is 5.69. The van der Waals surface area contributed by atoms with Crippen LogP contribution in [-0.2, 0) is 4.79 Å². The summed E-state index contributed by atoms with van der Waals surface area (Å²) in [6.45, 7) is 1.77. The Balaban J connectivity index is 2.68. The number of rotatable bonds is 5. The zero-order chi connectivity index (χ0) is 12.8. The van der Waals surface area contributed by atoms with E-state index in [2.05, 4.69) is 5.32 Å². The Hall–Kier alpha value is -1.39. The summed E-state index contributed by atoms with van der Waals surface area (Å²) < 4.78 is 0. The lowest BCUT2D eigenvalue weighted by Crippen LogP contribution is -2.43. The Morgan fingerprint density at radius 1 is 1.35 bits per heavy atom. The van der Waals surface area contributed by atoms with E-state index < -0.39 is 0 Å². The van der Waals surface area contributed by atoms with Gasteiger partial charge in [-0.05, 0) is 12.5 Å². The molecule has 0 heterocycles. The number of likely N-dealkylation sites (N-methyl/N-ethyl adjacent to an activating group) is 1. The van der Waals surface area contributed by atoms with Gasteiger partial charge in [0.25, 0.3) is 0 Å². The Kier molecular flexibility index (Phi) is 5.12. The van der Waals surface area contributed by atoms with Gasteiger partial charge in [0.2, 0.25) is 5.91 Å². The van der Waals surface area contributed by atoms with Gasteiger partial charge in [-0.15, -0.1) is 0 Å². The predicted molar refractivity (Wildman–Crippen MR) is 67.6 cm³/mol. The van der Waals surface area contributed by atoms with E-state index in [-0.39, 0.29) is 24.6 Å². The summed E-state index contributed by atoms with van der Waals surface area (Å²) in [7, 11) is 3.44. The van der Waals surface area contributed by atoms with E-state index in [1.807, 2.05) is 30.3 Å². The minimum absolute atomic E-state index is 0.000573. The van der Waals surface area contributed by atoms with Crippen LogP contribution in [0.15, 0.2) is 30.3 Å².